The molecule has 4 rings (SSSR count). The predicted molar refractivity (Wildman–Crippen MR) is 120 cm³/mol. The first-order valence-corrected chi connectivity index (χ1v) is 10.3. The lowest BCUT2D eigenvalue weighted by Crippen LogP contribution is -2.12. The van der Waals surface area contributed by atoms with Gasteiger partial charge in [0.2, 0.25) is 0 Å². The van der Waals surface area contributed by atoms with Crippen LogP contribution in [0.3, 0.4) is 0 Å². The van der Waals surface area contributed by atoms with Crippen LogP contribution in [0.5, 0.6) is 0 Å². The Kier molecular flexibility index (Phi) is 5.63. The van der Waals surface area contributed by atoms with Gasteiger partial charge in [-0.2, -0.15) is 4.99 Å². The molecule has 0 unspecified atom stereocenters. The predicted octanol–water partition coefficient (Wildman–Crippen LogP) is 4.26. The van der Waals surface area contributed by atoms with Crippen LogP contribution in [-0.4, -0.2) is 25.6 Å². The van der Waals surface area contributed by atoms with Gasteiger partial charge in [0.1, 0.15) is 15.8 Å². The van der Waals surface area contributed by atoms with E-state index in [1.807, 2.05) is 6.92 Å². The Bertz CT molecular complexity index is 1540. The summed E-state index contributed by atoms with van der Waals surface area (Å²) in [5, 5.41) is 23.1. The highest BCUT2D eigenvalue weighted by atomic mass is 32.1. The lowest BCUT2D eigenvalue weighted by Gasteiger charge is -2.04. The third kappa shape index (κ3) is 4.04. The average Bonchev–Trinajstić information content (AvgIpc) is 3.15. The SMILES string of the molecule is Cc1ccc2c(c1)c(=NC(=O)c1ccccc1[N+](=O)[O-])sn2C(=O)c1ccccc1[N+](=O)[O-]. The minimum absolute atomic E-state index is 0.118. The Morgan fingerprint density at radius 2 is 1.45 bits per heavy atom. The Morgan fingerprint density at radius 1 is 0.879 bits per heavy atom. The first-order chi connectivity index (χ1) is 15.8. The first kappa shape index (κ1) is 21.7. The zero-order chi connectivity index (χ0) is 23.7. The van der Waals surface area contributed by atoms with Crippen molar-refractivity contribution in [3.05, 3.63) is 108 Å². The number of aryl methyl sites for hydroxylation is 1. The molecular formula is C22H14N4O6S. The lowest BCUT2D eigenvalue weighted by atomic mass is 10.1. The van der Waals surface area contributed by atoms with Crippen molar-refractivity contribution in [1.29, 1.82) is 0 Å². The highest BCUT2D eigenvalue weighted by molar-refractivity contribution is 7.06. The molecule has 0 saturated heterocycles. The molecule has 0 aliphatic rings. The van der Waals surface area contributed by atoms with Crippen LogP contribution in [0.1, 0.15) is 26.3 Å². The van der Waals surface area contributed by atoms with Crippen LogP contribution in [-0.2, 0) is 0 Å². The van der Waals surface area contributed by atoms with Crippen molar-refractivity contribution in [3.63, 3.8) is 0 Å². The van der Waals surface area contributed by atoms with Crippen LogP contribution >= 0.6 is 11.5 Å². The number of para-hydroxylation sites is 2. The molecule has 0 radical (unpaired) electrons. The fourth-order valence-corrected chi connectivity index (χ4v) is 4.30. The molecule has 0 aliphatic carbocycles. The molecule has 0 N–H and O–H groups in total. The van der Waals surface area contributed by atoms with E-state index in [4.69, 9.17) is 0 Å². The third-order valence-electron chi connectivity index (χ3n) is 4.83. The smallest absolute Gasteiger partial charge is 0.267 e. The zero-order valence-corrected chi connectivity index (χ0v) is 17.8. The number of nitro groups is 2. The van der Waals surface area contributed by atoms with E-state index < -0.39 is 21.7 Å². The molecule has 1 amide bonds. The van der Waals surface area contributed by atoms with E-state index in [1.54, 1.807) is 18.2 Å². The topological polar surface area (TPSA) is 138 Å². The molecule has 0 spiro atoms. The van der Waals surface area contributed by atoms with Gasteiger partial charge < -0.3 is 0 Å². The summed E-state index contributed by atoms with van der Waals surface area (Å²) in [6, 6.07) is 16.1. The summed E-state index contributed by atoms with van der Waals surface area (Å²) in [5.74, 6) is -1.49. The quantitative estimate of drug-likeness (QED) is 0.328. The van der Waals surface area contributed by atoms with E-state index in [2.05, 4.69) is 4.99 Å². The minimum atomic E-state index is -0.836. The van der Waals surface area contributed by atoms with E-state index in [9.17, 15) is 29.8 Å². The van der Waals surface area contributed by atoms with Crippen molar-refractivity contribution < 1.29 is 19.4 Å². The third-order valence-corrected chi connectivity index (χ3v) is 5.86. The van der Waals surface area contributed by atoms with Crippen molar-refractivity contribution in [2.24, 2.45) is 4.99 Å². The highest BCUT2D eigenvalue weighted by Gasteiger charge is 2.24. The molecule has 3 aromatic carbocycles. The van der Waals surface area contributed by atoms with Gasteiger partial charge in [-0.25, -0.2) is 3.96 Å². The van der Waals surface area contributed by atoms with Gasteiger partial charge in [0.05, 0.1) is 15.4 Å². The Labute approximate surface area is 189 Å². The van der Waals surface area contributed by atoms with E-state index in [0.717, 1.165) is 17.1 Å². The van der Waals surface area contributed by atoms with Gasteiger partial charge in [-0.15, -0.1) is 0 Å². The molecule has 164 valence electrons. The number of nitrogens with zero attached hydrogens (tertiary/aromatic N) is 4. The molecule has 33 heavy (non-hydrogen) atoms. The summed E-state index contributed by atoms with van der Waals surface area (Å²) in [6.07, 6.45) is 0. The van der Waals surface area contributed by atoms with Crippen LogP contribution in [0.25, 0.3) is 10.9 Å². The molecule has 0 bridgehead atoms. The molecule has 0 atom stereocenters. The molecule has 0 aliphatic heterocycles. The second kappa shape index (κ2) is 8.55. The van der Waals surface area contributed by atoms with Crippen LogP contribution in [0.4, 0.5) is 11.4 Å². The maximum absolute atomic E-state index is 13.2. The van der Waals surface area contributed by atoms with Crippen molar-refractivity contribution in [2.75, 3.05) is 0 Å². The number of hydrogen-bond acceptors (Lipinski definition) is 7. The van der Waals surface area contributed by atoms with Gasteiger partial charge in [0.25, 0.3) is 23.2 Å². The first-order valence-electron chi connectivity index (χ1n) is 9.51. The number of benzene rings is 3. The maximum Gasteiger partial charge on any atom is 0.285 e. The molecule has 11 heteroatoms. The van der Waals surface area contributed by atoms with Crippen LogP contribution < -0.4 is 4.67 Å². The second-order valence-corrected chi connectivity index (χ2v) is 7.92. The Morgan fingerprint density at radius 3 is 2.09 bits per heavy atom. The summed E-state index contributed by atoms with van der Waals surface area (Å²) >= 11 is 0.829. The largest absolute Gasteiger partial charge is 0.285 e. The maximum atomic E-state index is 13.2. The fraction of sp³-hybridized carbons (Fsp3) is 0.0455. The summed E-state index contributed by atoms with van der Waals surface area (Å²) in [4.78, 5) is 51.5. The summed E-state index contributed by atoms with van der Waals surface area (Å²) < 4.78 is 1.38. The van der Waals surface area contributed by atoms with Crippen LogP contribution in [0.15, 0.2) is 71.7 Å². The summed E-state index contributed by atoms with van der Waals surface area (Å²) in [6.45, 7) is 1.82. The van der Waals surface area contributed by atoms with Gasteiger partial charge >= 0.3 is 0 Å². The van der Waals surface area contributed by atoms with Crippen LogP contribution in [0.2, 0.25) is 0 Å². The van der Waals surface area contributed by atoms with Gasteiger partial charge in [0, 0.05) is 17.5 Å². The van der Waals surface area contributed by atoms with E-state index in [1.165, 1.54) is 52.5 Å². The normalized spacial score (nSPS) is 11.5. The number of rotatable bonds is 4. The van der Waals surface area contributed by atoms with Gasteiger partial charge in [-0.3, -0.25) is 29.8 Å². The van der Waals surface area contributed by atoms with Crippen molar-refractivity contribution >= 4 is 45.6 Å². The Hall–Kier alpha value is -4.51. The van der Waals surface area contributed by atoms with E-state index in [-0.39, 0.29) is 27.2 Å². The standard InChI is InChI=1S/C22H14N4O6S/c1-13-10-11-17-16(12-13)21(23-20(27)14-6-2-4-8-18(14)25(29)30)33-24(17)22(28)15-7-3-5-9-19(15)26(31)32/h2-12H,1H3. The molecule has 1 aromatic heterocycles. The zero-order valence-electron chi connectivity index (χ0n) is 17.0. The number of aromatic nitrogens is 1. The molecule has 4 aromatic rings. The molecule has 0 fully saturated rings. The van der Waals surface area contributed by atoms with Gasteiger partial charge in [0.15, 0.2) is 0 Å². The Balaban J connectivity index is 1.92. The number of fused-ring (bicyclic) bond motifs is 1. The molecule has 10 nitrogen and oxygen atoms in total. The lowest BCUT2D eigenvalue weighted by molar-refractivity contribution is -0.385. The van der Waals surface area contributed by atoms with E-state index in [0.29, 0.717) is 10.9 Å². The van der Waals surface area contributed by atoms with Crippen LogP contribution in [0, 0.1) is 27.2 Å². The second-order valence-electron chi connectivity index (χ2n) is 6.98. The average molecular weight is 462 g/mol. The number of carbonyl (C=O) groups excluding carboxylic acids is 2. The van der Waals surface area contributed by atoms with Gasteiger partial charge in [-0.05, 0) is 42.7 Å². The fourth-order valence-electron chi connectivity index (χ4n) is 3.30. The number of hydrogen-bond donors (Lipinski definition) is 0. The minimum Gasteiger partial charge on any atom is -0.267 e. The summed E-state index contributed by atoms with van der Waals surface area (Å²) in [7, 11) is 0. The number of amides is 1. The monoisotopic (exact) mass is 462 g/mol. The van der Waals surface area contributed by atoms with Crippen molar-refractivity contribution in [1.82, 2.24) is 3.96 Å². The van der Waals surface area contributed by atoms with Crippen molar-refractivity contribution in [3.8, 4) is 0 Å². The summed E-state index contributed by atoms with van der Waals surface area (Å²) in [5.41, 5.74) is 0.203. The van der Waals surface area contributed by atoms with Crippen molar-refractivity contribution in [2.45, 2.75) is 6.92 Å². The van der Waals surface area contributed by atoms with E-state index >= 15 is 0 Å². The molecule has 1 heterocycles. The number of carbonyl (C=O) groups is 2. The van der Waals surface area contributed by atoms with Gasteiger partial charge in [-0.1, -0.05) is 35.9 Å². The molecule has 0 saturated carbocycles. The molecular weight excluding hydrogens is 448 g/mol. The number of nitro benzene ring substituents is 2. The highest BCUT2D eigenvalue weighted by Crippen LogP contribution is 2.24.